The number of hydrogen-bond acceptors (Lipinski definition) is 7. The van der Waals surface area contributed by atoms with Crippen LogP contribution in [0.2, 0.25) is 5.02 Å². The van der Waals surface area contributed by atoms with Crippen molar-refractivity contribution in [2.45, 2.75) is 60.5 Å². The number of hydrogen-bond donors (Lipinski definition) is 2. The maximum atomic E-state index is 14.1. The minimum atomic E-state index is -4.02. The Kier molecular flexibility index (Phi) is 10.5. The topological polar surface area (TPSA) is 107 Å². The molecule has 44 heavy (non-hydrogen) atoms. The molecule has 5 rings (SSSR count). The Balaban J connectivity index is 1.46. The predicted octanol–water partition coefficient (Wildman–Crippen LogP) is 7.68. The number of halogens is 1. The van der Waals surface area contributed by atoms with Crippen LogP contribution in [0, 0.1) is 0 Å². The van der Waals surface area contributed by atoms with Crippen molar-refractivity contribution in [1.29, 1.82) is 0 Å². The SMILES string of the molecule is CCCCCCCCOc1c(C(=O)N2CCN(c3ccccc3Cl)CC2)ccc2c1C(S(=O)(=O)c1ccccc1)CS2(O)O. The van der Waals surface area contributed by atoms with Crippen molar-refractivity contribution in [2.75, 3.05) is 43.4 Å². The van der Waals surface area contributed by atoms with E-state index in [4.69, 9.17) is 16.3 Å². The molecular weight excluding hydrogens is 620 g/mol. The van der Waals surface area contributed by atoms with E-state index < -0.39 is 25.7 Å². The molecule has 2 N–H and O–H groups in total. The van der Waals surface area contributed by atoms with E-state index in [0.717, 1.165) is 37.8 Å². The Morgan fingerprint density at radius 2 is 1.57 bits per heavy atom. The van der Waals surface area contributed by atoms with Gasteiger partial charge >= 0.3 is 0 Å². The van der Waals surface area contributed by atoms with Gasteiger partial charge in [0.15, 0.2) is 9.84 Å². The number of fused-ring (bicyclic) bond motifs is 1. The number of benzene rings is 3. The number of carbonyl (C=O) groups is 1. The number of rotatable bonds is 12. The molecule has 0 saturated carbocycles. The summed E-state index contributed by atoms with van der Waals surface area (Å²) < 4.78 is 56.3. The van der Waals surface area contributed by atoms with Crippen LogP contribution in [0.15, 0.2) is 76.5 Å². The zero-order valence-corrected chi connectivity index (χ0v) is 27.4. The maximum absolute atomic E-state index is 14.1. The van der Waals surface area contributed by atoms with Crippen LogP contribution in [-0.2, 0) is 9.84 Å². The van der Waals surface area contributed by atoms with E-state index in [2.05, 4.69) is 11.8 Å². The van der Waals surface area contributed by atoms with Crippen molar-refractivity contribution < 1.29 is 27.1 Å². The fourth-order valence-corrected chi connectivity index (χ4v) is 10.7. The summed E-state index contributed by atoms with van der Waals surface area (Å²) in [5.74, 6) is -0.499. The molecule has 1 atom stereocenters. The summed E-state index contributed by atoms with van der Waals surface area (Å²) in [5.41, 5.74) is 1.35. The van der Waals surface area contributed by atoms with E-state index >= 15 is 0 Å². The minimum Gasteiger partial charge on any atom is -0.492 e. The van der Waals surface area contributed by atoms with Gasteiger partial charge in [-0.3, -0.25) is 13.9 Å². The van der Waals surface area contributed by atoms with Crippen molar-refractivity contribution in [3.8, 4) is 5.75 Å². The summed E-state index contributed by atoms with van der Waals surface area (Å²) in [4.78, 5) is 18.2. The van der Waals surface area contributed by atoms with Crippen LogP contribution >= 0.6 is 22.2 Å². The van der Waals surface area contributed by atoms with Gasteiger partial charge in [-0.25, -0.2) is 8.42 Å². The number of unbranched alkanes of at least 4 members (excludes halogenated alkanes) is 5. The van der Waals surface area contributed by atoms with Crippen LogP contribution in [0.5, 0.6) is 5.75 Å². The third-order valence-electron chi connectivity index (χ3n) is 8.40. The number of nitrogens with zero attached hydrogens (tertiary/aromatic N) is 2. The lowest BCUT2D eigenvalue weighted by molar-refractivity contribution is 0.0741. The zero-order chi connectivity index (χ0) is 31.3. The molecule has 2 heterocycles. The average Bonchev–Trinajstić information content (AvgIpc) is 3.32. The molecule has 0 radical (unpaired) electrons. The number of amides is 1. The summed E-state index contributed by atoms with van der Waals surface area (Å²) in [6, 6.07) is 18.7. The summed E-state index contributed by atoms with van der Waals surface area (Å²) in [6.45, 7) is 4.51. The summed E-state index contributed by atoms with van der Waals surface area (Å²) in [7, 11) is -7.45. The predicted molar refractivity (Wildman–Crippen MR) is 177 cm³/mol. The Bertz CT molecular complexity index is 1560. The smallest absolute Gasteiger partial charge is 0.257 e. The molecule has 1 saturated heterocycles. The molecule has 11 heteroatoms. The molecule has 238 valence electrons. The van der Waals surface area contributed by atoms with E-state index in [0.29, 0.717) is 37.8 Å². The number of para-hydroxylation sites is 1. The van der Waals surface area contributed by atoms with E-state index in [1.54, 1.807) is 29.2 Å². The van der Waals surface area contributed by atoms with Crippen LogP contribution in [0.4, 0.5) is 5.69 Å². The molecule has 0 aliphatic carbocycles. The van der Waals surface area contributed by atoms with Gasteiger partial charge in [-0.1, -0.05) is 81.0 Å². The van der Waals surface area contributed by atoms with Crippen molar-refractivity contribution in [1.82, 2.24) is 4.90 Å². The normalized spacial score (nSPS) is 18.6. The van der Waals surface area contributed by atoms with E-state index in [9.17, 15) is 22.3 Å². The first-order valence-electron chi connectivity index (χ1n) is 15.3. The summed E-state index contributed by atoms with van der Waals surface area (Å²) in [6.07, 6.45) is 6.21. The second-order valence-electron chi connectivity index (χ2n) is 11.4. The van der Waals surface area contributed by atoms with Gasteiger partial charge in [-0.05, 0) is 42.8 Å². The molecule has 8 nitrogen and oxygen atoms in total. The third-order valence-corrected chi connectivity index (χ3v) is 12.9. The highest BCUT2D eigenvalue weighted by atomic mass is 35.5. The molecule has 0 bridgehead atoms. The van der Waals surface area contributed by atoms with E-state index in [1.165, 1.54) is 24.6 Å². The number of carbonyl (C=O) groups excluding carboxylic acids is 1. The average molecular weight is 661 g/mol. The molecule has 0 spiro atoms. The molecule has 3 aromatic carbocycles. The molecule has 1 fully saturated rings. The van der Waals surface area contributed by atoms with Crippen molar-refractivity contribution >= 4 is 43.6 Å². The first-order valence-corrected chi connectivity index (χ1v) is 18.9. The fourth-order valence-electron chi connectivity index (χ4n) is 5.98. The Morgan fingerprint density at radius 3 is 2.27 bits per heavy atom. The number of ether oxygens (including phenoxy) is 1. The zero-order valence-electron chi connectivity index (χ0n) is 25.0. The van der Waals surface area contributed by atoms with Gasteiger partial charge in [0.1, 0.15) is 11.0 Å². The lowest BCUT2D eigenvalue weighted by Crippen LogP contribution is -2.49. The Morgan fingerprint density at radius 1 is 0.909 bits per heavy atom. The second kappa shape index (κ2) is 14.1. The van der Waals surface area contributed by atoms with E-state index in [-0.39, 0.29) is 38.3 Å². The largest absolute Gasteiger partial charge is 0.492 e. The monoisotopic (exact) mass is 660 g/mol. The summed E-state index contributed by atoms with van der Waals surface area (Å²) >= 11 is 6.41. The molecule has 3 aromatic rings. The molecule has 2 aliphatic rings. The van der Waals surface area contributed by atoms with Gasteiger partial charge in [-0.15, -0.1) is 0 Å². The molecular formula is C33H41ClN2O6S2. The molecule has 1 amide bonds. The Labute approximate surface area is 267 Å². The standard InChI is InChI=1S/C33H41ClN2O6S2/c1-2-3-4-5-6-12-23-42-32-26(33(37)36-21-19-35(20-22-36)28-16-11-10-15-27(28)34)17-18-29-31(32)30(24-43(29,38)39)44(40,41)25-13-8-7-9-14-25/h7-11,13-18,30,38-39H,2-6,12,19-24H2,1H3. The van der Waals surface area contributed by atoms with Gasteiger partial charge in [0.25, 0.3) is 5.91 Å². The molecule has 1 unspecified atom stereocenters. The van der Waals surface area contributed by atoms with Gasteiger partial charge < -0.3 is 14.5 Å². The number of anilines is 1. The quantitative estimate of drug-likeness (QED) is 0.192. The molecule has 0 aromatic heterocycles. The van der Waals surface area contributed by atoms with Gasteiger partial charge in [0.2, 0.25) is 0 Å². The lowest BCUT2D eigenvalue weighted by Gasteiger charge is -2.37. The van der Waals surface area contributed by atoms with Gasteiger partial charge in [-0.2, -0.15) is 10.6 Å². The van der Waals surface area contributed by atoms with Crippen molar-refractivity contribution in [3.63, 3.8) is 0 Å². The van der Waals surface area contributed by atoms with Crippen LogP contribution in [0.25, 0.3) is 0 Å². The van der Waals surface area contributed by atoms with Gasteiger partial charge in [0, 0.05) is 31.7 Å². The van der Waals surface area contributed by atoms with Crippen LogP contribution in [0.1, 0.15) is 66.6 Å². The van der Waals surface area contributed by atoms with Crippen LogP contribution < -0.4 is 9.64 Å². The number of sulfone groups is 1. The van der Waals surface area contributed by atoms with Crippen molar-refractivity contribution in [2.24, 2.45) is 0 Å². The number of piperazine rings is 1. The fraction of sp³-hybridized carbons (Fsp3) is 0.424. The maximum Gasteiger partial charge on any atom is 0.257 e. The van der Waals surface area contributed by atoms with Crippen LogP contribution in [0.3, 0.4) is 0 Å². The Hall–Kier alpha value is -2.76. The third kappa shape index (κ3) is 6.89. The highest BCUT2D eigenvalue weighted by Gasteiger charge is 2.46. The van der Waals surface area contributed by atoms with Crippen LogP contribution in [-0.4, -0.2) is 66.9 Å². The van der Waals surface area contributed by atoms with E-state index in [1.807, 2.05) is 24.3 Å². The first kappa shape index (κ1) is 32.6. The van der Waals surface area contributed by atoms with Gasteiger partial charge in [0.05, 0.1) is 38.4 Å². The first-order chi connectivity index (χ1) is 21.1. The van der Waals surface area contributed by atoms with Crippen molar-refractivity contribution in [3.05, 3.63) is 82.9 Å². The second-order valence-corrected chi connectivity index (χ2v) is 16.0. The summed E-state index contributed by atoms with van der Waals surface area (Å²) in [5, 5.41) is -0.602. The highest BCUT2D eigenvalue weighted by Crippen LogP contribution is 2.63. The molecule has 2 aliphatic heterocycles. The highest BCUT2D eigenvalue weighted by molar-refractivity contribution is 8.25. The minimum absolute atomic E-state index is 0.0855. The lowest BCUT2D eigenvalue weighted by atomic mass is 10.0.